The zero-order valence-corrected chi connectivity index (χ0v) is 14.6. The van der Waals surface area contributed by atoms with Crippen molar-refractivity contribution in [1.29, 1.82) is 0 Å². The average Bonchev–Trinajstić information content (AvgIpc) is 2.45. The van der Waals surface area contributed by atoms with E-state index in [1.807, 2.05) is 0 Å². The number of ether oxygens (including phenoxy) is 4. The second-order valence-corrected chi connectivity index (χ2v) is 5.98. The van der Waals surface area contributed by atoms with Gasteiger partial charge < -0.3 is 34.5 Å². The molecule has 1 atom stereocenters. The Bertz CT molecular complexity index is 356. The van der Waals surface area contributed by atoms with Gasteiger partial charge in [-0.1, -0.05) is 0 Å². The van der Waals surface area contributed by atoms with Gasteiger partial charge in [0.2, 0.25) is 0 Å². The van der Waals surface area contributed by atoms with Crippen LogP contribution in [0.4, 0.5) is 4.79 Å². The maximum atomic E-state index is 11.4. The third kappa shape index (κ3) is 16.9. The number of carbonyl (C=O) groups is 2. The van der Waals surface area contributed by atoms with E-state index in [0.717, 1.165) is 0 Å². The molecule has 0 aliphatic heterocycles. The second kappa shape index (κ2) is 12.9. The maximum Gasteiger partial charge on any atom is 0.407 e. The summed E-state index contributed by atoms with van der Waals surface area (Å²) in [5.41, 5.74) is -0.583. The quantitative estimate of drug-likeness (QED) is 0.407. The molecule has 0 radical (unpaired) electrons. The fourth-order valence-electron chi connectivity index (χ4n) is 1.39. The van der Waals surface area contributed by atoms with Gasteiger partial charge in [-0.25, -0.2) is 4.79 Å². The minimum atomic E-state index is -0.899. The lowest BCUT2D eigenvalue weighted by Gasteiger charge is -2.20. The Kier molecular flexibility index (Phi) is 12.2. The Morgan fingerprint density at radius 3 is 2.08 bits per heavy atom. The molecule has 0 fully saturated rings. The van der Waals surface area contributed by atoms with E-state index in [0.29, 0.717) is 26.4 Å². The Balaban J connectivity index is 3.39. The highest BCUT2D eigenvalue weighted by atomic mass is 16.6. The number of nitrogens with one attached hydrogen (secondary N) is 1. The van der Waals surface area contributed by atoms with Crippen LogP contribution in [0.5, 0.6) is 0 Å². The first-order valence-electron chi connectivity index (χ1n) is 7.80. The number of aliphatic hydroxyl groups excluding tert-OH is 1. The third-order valence-electron chi connectivity index (χ3n) is 2.40. The number of carboxylic acids is 1. The lowest BCUT2D eigenvalue weighted by atomic mass is 10.2. The highest BCUT2D eigenvalue weighted by Gasteiger charge is 2.16. The summed E-state index contributed by atoms with van der Waals surface area (Å²) in [6, 6.07) is 0. The van der Waals surface area contributed by atoms with E-state index >= 15 is 0 Å². The summed E-state index contributed by atoms with van der Waals surface area (Å²) in [5, 5.41) is 20.5. The molecule has 24 heavy (non-hydrogen) atoms. The van der Waals surface area contributed by atoms with Gasteiger partial charge in [0, 0.05) is 6.54 Å². The first-order valence-corrected chi connectivity index (χ1v) is 7.80. The smallest absolute Gasteiger partial charge is 0.407 e. The zero-order valence-electron chi connectivity index (χ0n) is 14.6. The molecule has 9 nitrogen and oxygen atoms in total. The number of carbonyl (C=O) groups excluding carboxylic acids is 1. The van der Waals surface area contributed by atoms with Crippen molar-refractivity contribution >= 4 is 12.1 Å². The molecular formula is C15H29NO8. The van der Waals surface area contributed by atoms with Crippen molar-refractivity contribution in [2.24, 2.45) is 0 Å². The minimum absolute atomic E-state index is 0.0294. The molecule has 0 aromatic carbocycles. The average molecular weight is 351 g/mol. The number of alkyl carbamates (subject to hydrolysis) is 1. The topological polar surface area (TPSA) is 124 Å². The van der Waals surface area contributed by atoms with E-state index in [1.54, 1.807) is 20.8 Å². The summed E-state index contributed by atoms with van der Waals surface area (Å²) in [5.74, 6) is -0.899. The molecule has 0 spiro atoms. The Morgan fingerprint density at radius 1 is 1.00 bits per heavy atom. The number of hydrogen-bond donors (Lipinski definition) is 3. The summed E-state index contributed by atoms with van der Waals surface area (Å²) in [4.78, 5) is 21.6. The van der Waals surface area contributed by atoms with Crippen LogP contribution >= 0.6 is 0 Å². The van der Waals surface area contributed by atoms with E-state index in [9.17, 15) is 14.7 Å². The molecule has 0 bridgehead atoms. The van der Waals surface area contributed by atoms with E-state index in [-0.39, 0.29) is 26.2 Å². The van der Waals surface area contributed by atoms with E-state index in [2.05, 4.69) is 5.32 Å². The molecule has 1 amide bonds. The number of aliphatic hydroxyl groups is 1. The van der Waals surface area contributed by atoms with Crippen molar-refractivity contribution < 1.29 is 38.7 Å². The van der Waals surface area contributed by atoms with Crippen LogP contribution in [-0.2, 0) is 23.7 Å². The van der Waals surface area contributed by atoms with Gasteiger partial charge in [0.25, 0.3) is 0 Å². The second-order valence-electron chi connectivity index (χ2n) is 5.98. The van der Waals surface area contributed by atoms with E-state index in [1.165, 1.54) is 0 Å². The number of hydrogen-bond acceptors (Lipinski definition) is 7. The molecule has 1 unspecified atom stereocenters. The summed E-state index contributed by atoms with van der Waals surface area (Å²) in [6.45, 7) is 6.79. The Morgan fingerprint density at radius 2 is 1.54 bits per heavy atom. The molecular weight excluding hydrogens is 322 g/mol. The van der Waals surface area contributed by atoms with Crippen molar-refractivity contribution in [2.75, 3.05) is 46.2 Å². The van der Waals surface area contributed by atoms with Gasteiger partial charge in [-0.2, -0.15) is 0 Å². The molecule has 0 rings (SSSR count). The SMILES string of the molecule is CC(C)(C)OC(=O)NCC(O)COCCOCCOCCC(=O)O. The lowest BCUT2D eigenvalue weighted by Crippen LogP contribution is -2.38. The standard InChI is InChI=1S/C15H29NO8/c1-15(2,3)24-14(20)16-10-12(17)11-23-9-8-22-7-6-21-5-4-13(18)19/h12,17H,4-11H2,1-3H3,(H,16,20)(H,18,19). The molecule has 0 aliphatic rings. The first-order chi connectivity index (χ1) is 11.2. The van der Waals surface area contributed by atoms with Crippen molar-refractivity contribution in [1.82, 2.24) is 5.32 Å². The summed E-state index contributed by atoms with van der Waals surface area (Å²) in [6.07, 6.45) is -1.46. The number of carboxylic acid groups (broad SMARTS) is 1. The van der Waals surface area contributed by atoms with Crippen molar-refractivity contribution in [2.45, 2.75) is 38.9 Å². The lowest BCUT2D eigenvalue weighted by molar-refractivity contribution is -0.138. The molecule has 0 aromatic rings. The van der Waals surface area contributed by atoms with Crippen LogP contribution < -0.4 is 5.32 Å². The predicted molar refractivity (Wildman–Crippen MR) is 85.0 cm³/mol. The number of aliphatic carboxylic acids is 1. The first kappa shape index (κ1) is 22.6. The largest absolute Gasteiger partial charge is 0.481 e. The third-order valence-corrected chi connectivity index (χ3v) is 2.40. The van der Waals surface area contributed by atoms with Crippen LogP contribution in [0.3, 0.4) is 0 Å². The van der Waals surface area contributed by atoms with Crippen LogP contribution in [-0.4, -0.2) is 80.2 Å². The number of rotatable bonds is 13. The Hall–Kier alpha value is -1.42. The van der Waals surface area contributed by atoms with Crippen LogP contribution in [0.2, 0.25) is 0 Å². The normalized spacial score (nSPS) is 12.7. The van der Waals surface area contributed by atoms with Crippen molar-refractivity contribution in [3.63, 3.8) is 0 Å². The van der Waals surface area contributed by atoms with Crippen LogP contribution in [0, 0.1) is 0 Å². The summed E-state index contributed by atoms with van der Waals surface area (Å²) >= 11 is 0. The van der Waals surface area contributed by atoms with Gasteiger partial charge in [0.05, 0.1) is 52.2 Å². The van der Waals surface area contributed by atoms with Gasteiger partial charge >= 0.3 is 12.1 Å². The molecule has 9 heteroatoms. The molecule has 0 saturated carbocycles. The highest BCUT2D eigenvalue weighted by Crippen LogP contribution is 2.06. The molecule has 0 aliphatic carbocycles. The predicted octanol–water partition coefficient (Wildman–Crippen LogP) is 0.397. The molecule has 0 heterocycles. The van der Waals surface area contributed by atoms with Gasteiger partial charge in [0.1, 0.15) is 5.60 Å². The fraction of sp³-hybridized carbons (Fsp3) is 0.867. The summed E-state index contributed by atoms with van der Waals surface area (Å²) < 4.78 is 20.5. The number of amides is 1. The van der Waals surface area contributed by atoms with Crippen molar-refractivity contribution in [3.05, 3.63) is 0 Å². The van der Waals surface area contributed by atoms with Crippen LogP contribution in [0.1, 0.15) is 27.2 Å². The maximum absolute atomic E-state index is 11.4. The molecule has 142 valence electrons. The molecule has 0 saturated heterocycles. The minimum Gasteiger partial charge on any atom is -0.481 e. The van der Waals surface area contributed by atoms with Gasteiger partial charge in [-0.15, -0.1) is 0 Å². The van der Waals surface area contributed by atoms with E-state index < -0.39 is 23.8 Å². The summed E-state index contributed by atoms with van der Waals surface area (Å²) in [7, 11) is 0. The highest BCUT2D eigenvalue weighted by molar-refractivity contribution is 5.67. The van der Waals surface area contributed by atoms with Gasteiger partial charge in [-0.05, 0) is 20.8 Å². The zero-order chi connectivity index (χ0) is 18.4. The van der Waals surface area contributed by atoms with Crippen LogP contribution in [0.15, 0.2) is 0 Å². The fourth-order valence-corrected chi connectivity index (χ4v) is 1.39. The van der Waals surface area contributed by atoms with Crippen molar-refractivity contribution in [3.8, 4) is 0 Å². The van der Waals surface area contributed by atoms with Gasteiger partial charge in [-0.3, -0.25) is 4.79 Å². The van der Waals surface area contributed by atoms with E-state index in [4.69, 9.17) is 24.1 Å². The van der Waals surface area contributed by atoms with Crippen LogP contribution in [0.25, 0.3) is 0 Å². The Labute approximate surface area is 142 Å². The van der Waals surface area contributed by atoms with Gasteiger partial charge in [0.15, 0.2) is 0 Å². The molecule has 3 N–H and O–H groups in total. The monoisotopic (exact) mass is 351 g/mol. The molecule has 0 aromatic heterocycles.